The lowest BCUT2D eigenvalue weighted by molar-refractivity contribution is -0.120. The molecule has 0 aliphatic heterocycles. The second kappa shape index (κ2) is 11.0. The molecule has 0 aliphatic carbocycles. The van der Waals surface area contributed by atoms with E-state index in [1.165, 1.54) is 0 Å². The van der Waals surface area contributed by atoms with Crippen LogP contribution in [0.2, 0.25) is 5.02 Å². The third kappa shape index (κ3) is 6.31. The van der Waals surface area contributed by atoms with E-state index in [0.717, 1.165) is 29.8 Å². The molecule has 1 atom stereocenters. The first kappa shape index (κ1) is 22.9. The molecule has 2 rings (SSSR count). The number of carbonyl (C=O) groups excluding carboxylic acids is 2. The van der Waals surface area contributed by atoms with Crippen molar-refractivity contribution in [1.82, 2.24) is 15.5 Å². The molecule has 0 saturated carbocycles. The summed E-state index contributed by atoms with van der Waals surface area (Å²) < 4.78 is 0. The van der Waals surface area contributed by atoms with Crippen LogP contribution in [0.1, 0.15) is 46.9 Å². The fourth-order valence-electron chi connectivity index (χ4n) is 3.26. The number of likely N-dealkylation sites (N-methyl/N-ethyl adjacent to an activating group) is 1. The number of halogens is 1. The zero-order valence-corrected chi connectivity index (χ0v) is 18.3. The van der Waals surface area contributed by atoms with Gasteiger partial charge in [-0.3, -0.25) is 14.5 Å². The van der Waals surface area contributed by atoms with Gasteiger partial charge >= 0.3 is 0 Å². The maximum absolute atomic E-state index is 12.3. The third-order valence-electron chi connectivity index (χ3n) is 5.19. The molecule has 6 heteroatoms. The minimum atomic E-state index is -0.255. The summed E-state index contributed by atoms with van der Waals surface area (Å²) in [7, 11) is 0. The van der Waals surface area contributed by atoms with Gasteiger partial charge in [0.25, 0.3) is 5.91 Å². The lowest BCUT2D eigenvalue weighted by Gasteiger charge is -2.31. The summed E-state index contributed by atoms with van der Waals surface area (Å²) in [6.45, 7) is 10.1. The molecular formula is C23H30ClN3O2. The summed E-state index contributed by atoms with van der Waals surface area (Å²) in [5.74, 6) is -0.485. The van der Waals surface area contributed by atoms with Crippen molar-refractivity contribution in [3.05, 3.63) is 69.7 Å². The van der Waals surface area contributed by atoms with Gasteiger partial charge in [-0.1, -0.05) is 49.7 Å². The lowest BCUT2D eigenvalue weighted by atomic mass is 10.0. The van der Waals surface area contributed by atoms with Gasteiger partial charge in [0.1, 0.15) is 0 Å². The molecule has 156 valence electrons. The molecule has 5 nitrogen and oxygen atoms in total. The molecule has 0 spiro atoms. The number of nitrogens with one attached hydrogen (secondary N) is 2. The topological polar surface area (TPSA) is 61.4 Å². The predicted molar refractivity (Wildman–Crippen MR) is 118 cm³/mol. The van der Waals surface area contributed by atoms with Gasteiger partial charge in [-0.05, 0) is 61.8 Å². The molecule has 0 bridgehead atoms. The van der Waals surface area contributed by atoms with E-state index in [-0.39, 0.29) is 24.4 Å². The van der Waals surface area contributed by atoms with Crippen LogP contribution in [0.3, 0.4) is 0 Å². The highest BCUT2D eigenvalue weighted by Gasteiger charge is 2.21. The van der Waals surface area contributed by atoms with Crippen LogP contribution in [-0.4, -0.2) is 42.9 Å². The largest absolute Gasteiger partial charge is 0.353 e. The van der Waals surface area contributed by atoms with E-state index < -0.39 is 0 Å². The van der Waals surface area contributed by atoms with Gasteiger partial charge in [0.2, 0.25) is 5.91 Å². The predicted octanol–water partition coefficient (Wildman–Crippen LogP) is 3.89. The number of benzene rings is 2. The van der Waals surface area contributed by atoms with E-state index in [2.05, 4.69) is 29.4 Å². The quantitative estimate of drug-likeness (QED) is 0.653. The fourth-order valence-corrected chi connectivity index (χ4v) is 3.53. The Kier molecular flexibility index (Phi) is 8.68. The van der Waals surface area contributed by atoms with Crippen molar-refractivity contribution in [2.45, 2.75) is 33.7 Å². The number of aryl methyl sites for hydroxylation is 2. The van der Waals surface area contributed by atoms with Crippen LogP contribution in [-0.2, 0) is 4.79 Å². The highest BCUT2D eigenvalue weighted by molar-refractivity contribution is 6.31. The molecule has 29 heavy (non-hydrogen) atoms. The van der Waals surface area contributed by atoms with Crippen LogP contribution < -0.4 is 10.6 Å². The van der Waals surface area contributed by atoms with Gasteiger partial charge in [0.15, 0.2) is 0 Å². The first-order valence-corrected chi connectivity index (χ1v) is 10.4. The number of amides is 2. The summed E-state index contributed by atoms with van der Waals surface area (Å²) in [6.07, 6.45) is 0. The number of carbonyl (C=O) groups is 2. The Morgan fingerprint density at radius 1 is 1.00 bits per heavy atom. The fraction of sp³-hybridized carbons (Fsp3) is 0.391. The standard InChI is InChI=1S/C23H30ClN3O2/c1-5-27(6-2)21(19-9-7-8-10-20(19)24)14-25-22(28)15-26-23(29)18-12-11-16(3)17(4)13-18/h7-13,21H,5-6,14-15H2,1-4H3,(H,25,28)(H,26,29). The average molecular weight is 416 g/mol. The van der Waals surface area contributed by atoms with Crippen molar-refractivity contribution < 1.29 is 9.59 Å². The molecule has 0 aliphatic rings. The minimum absolute atomic E-state index is 0.0295. The van der Waals surface area contributed by atoms with E-state index in [1.807, 2.05) is 50.2 Å². The van der Waals surface area contributed by atoms with Crippen LogP contribution in [0.25, 0.3) is 0 Å². The van der Waals surface area contributed by atoms with Gasteiger partial charge in [-0.2, -0.15) is 0 Å². The zero-order valence-electron chi connectivity index (χ0n) is 17.6. The van der Waals surface area contributed by atoms with E-state index in [4.69, 9.17) is 11.6 Å². The highest BCUT2D eigenvalue weighted by atomic mass is 35.5. The van der Waals surface area contributed by atoms with Gasteiger partial charge in [0.05, 0.1) is 12.6 Å². The molecule has 2 aromatic carbocycles. The van der Waals surface area contributed by atoms with Gasteiger partial charge in [-0.25, -0.2) is 0 Å². The molecule has 1 unspecified atom stereocenters. The second-order valence-electron chi connectivity index (χ2n) is 7.04. The smallest absolute Gasteiger partial charge is 0.251 e. The Balaban J connectivity index is 1.96. The summed E-state index contributed by atoms with van der Waals surface area (Å²) in [5.41, 5.74) is 3.71. The first-order chi connectivity index (χ1) is 13.9. The Morgan fingerprint density at radius 2 is 1.69 bits per heavy atom. The Labute approximate surface area is 178 Å². The normalized spacial score (nSPS) is 11.9. The van der Waals surface area contributed by atoms with Crippen molar-refractivity contribution in [3.63, 3.8) is 0 Å². The molecular weight excluding hydrogens is 386 g/mol. The molecule has 0 heterocycles. The number of hydrogen-bond donors (Lipinski definition) is 2. The number of hydrogen-bond acceptors (Lipinski definition) is 3. The van der Waals surface area contributed by atoms with Crippen LogP contribution >= 0.6 is 11.6 Å². The summed E-state index contributed by atoms with van der Waals surface area (Å²) in [4.78, 5) is 26.9. The summed E-state index contributed by atoms with van der Waals surface area (Å²) in [6, 6.07) is 13.2. The van der Waals surface area contributed by atoms with Gasteiger partial charge in [-0.15, -0.1) is 0 Å². The Bertz CT molecular complexity index is 850. The third-order valence-corrected chi connectivity index (χ3v) is 5.53. The van der Waals surface area contributed by atoms with Gasteiger partial charge in [0, 0.05) is 17.1 Å². The molecule has 2 amide bonds. The van der Waals surface area contributed by atoms with Crippen molar-refractivity contribution in [3.8, 4) is 0 Å². The molecule has 0 fully saturated rings. The van der Waals surface area contributed by atoms with Crippen molar-refractivity contribution >= 4 is 23.4 Å². The highest BCUT2D eigenvalue weighted by Crippen LogP contribution is 2.26. The molecule has 0 saturated heterocycles. The van der Waals surface area contributed by atoms with Crippen molar-refractivity contribution in [2.24, 2.45) is 0 Å². The van der Waals surface area contributed by atoms with Crippen LogP contribution in [0.4, 0.5) is 0 Å². The number of nitrogens with zero attached hydrogens (tertiary/aromatic N) is 1. The monoisotopic (exact) mass is 415 g/mol. The van der Waals surface area contributed by atoms with E-state index in [0.29, 0.717) is 17.1 Å². The second-order valence-corrected chi connectivity index (χ2v) is 7.45. The van der Waals surface area contributed by atoms with Crippen molar-refractivity contribution in [2.75, 3.05) is 26.2 Å². The Hall–Kier alpha value is -2.37. The molecule has 2 aromatic rings. The van der Waals surface area contributed by atoms with Crippen molar-refractivity contribution in [1.29, 1.82) is 0 Å². The van der Waals surface area contributed by atoms with E-state index in [1.54, 1.807) is 6.07 Å². The molecule has 0 radical (unpaired) electrons. The van der Waals surface area contributed by atoms with E-state index in [9.17, 15) is 9.59 Å². The van der Waals surface area contributed by atoms with Gasteiger partial charge < -0.3 is 10.6 Å². The molecule has 0 aromatic heterocycles. The van der Waals surface area contributed by atoms with Crippen LogP contribution in [0.15, 0.2) is 42.5 Å². The summed E-state index contributed by atoms with van der Waals surface area (Å²) in [5, 5.41) is 6.30. The van der Waals surface area contributed by atoms with Crippen LogP contribution in [0, 0.1) is 13.8 Å². The Morgan fingerprint density at radius 3 is 2.31 bits per heavy atom. The maximum Gasteiger partial charge on any atom is 0.251 e. The molecule has 2 N–H and O–H groups in total. The summed E-state index contributed by atoms with van der Waals surface area (Å²) >= 11 is 6.39. The zero-order chi connectivity index (χ0) is 21.4. The lowest BCUT2D eigenvalue weighted by Crippen LogP contribution is -2.42. The average Bonchev–Trinajstić information content (AvgIpc) is 2.72. The van der Waals surface area contributed by atoms with E-state index >= 15 is 0 Å². The maximum atomic E-state index is 12.3. The SMILES string of the molecule is CCN(CC)C(CNC(=O)CNC(=O)c1ccc(C)c(C)c1)c1ccccc1Cl. The minimum Gasteiger partial charge on any atom is -0.353 e. The number of rotatable bonds is 9. The van der Waals surface area contributed by atoms with Crippen LogP contribution in [0.5, 0.6) is 0 Å². The first-order valence-electron chi connectivity index (χ1n) is 9.98.